The summed E-state index contributed by atoms with van der Waals surface area (Å²) in [4.78, 5) is 11.8. The maximum absolute atomic E-state index is 11.8. The van der Waals surface area contributed by atoms with Gasteiger partial charge in [0, 0.05) is 17.8 Å². The zero-order valence-electron chi connectivity index (χ0n) is 11.6. The van der Waals surface area contributed by atoms with E-state index in [4.69, 9.17) is 20.9 Å². The van der Waals surface area contributed by atoms with E-state index in [0.717, 1.165) is 5.75 Å². The number of ether oxygens (including phenoxy) is 2. The number of para-hydroxylation sites is 1. The van der Waals surface area contributed by atoms with Crippen molar-refractivity contribution in [3.8, 4) is 5.75 Å². The number of anilines is 2. The van der Waals surface area contributed by atoms with E-state index in [2.05, 4.69) is 0 Å². The molecule has 0 radical (unpaired) electrons. The Labute approximate surface area is 123 Å². The Balaban J connectivity index is 1.72. The number of rotatable bonds is 6. The van der Waals surface area contributed by atoms with Crippen molar-refractivity contribution in [2.24, 2.45) is 0 Å². The summed E-state index contributed by atoms with van der Waals surface area (Å²) in [7, 11) is 0. The highest BCUT2D eigenvalue weighted by Crippen LogP contribution is 2.14. The summed E-state index contributed by atoms with van der Waals surface area (Å²) in [5.41, 5.74) is 12.5. The van der Waals surface area contributed by atoms with Gasteiger partial charge < -0.3 is 20.9 Å². The number of carbonyl (C=O) groups is 1. The molecule has 0 fully saturated rings. The molecule has 0 bridgehead atoms. The van der Waals surface area contributed by atoms with Gasteiger partial charge in [-0.05, 0) is 30.3 Å². The van der Waals surface area contributed by atoms with Crippen molar-refractivity contribution < 1.29 is 14.3 Å². The minimum Gasteiger partial charge on any atom is -0.493 e. The van der Waals surface area contributed by atoms with E-state index in [-0.39, 0.29) is 6.61 Å². The predicted molar refractivity (Wildman–Crippen MR) is 82.1 cm³/mol. The molecule has 0 saturated carbocycles. The number of hydrogen-bond acceptors (Lipinski definition) is 5. The van der Waals surface area contributed by atoms with Gasteiger partial charge in [0.05, 0.1) is 18.8 Å². The lowest BCUT2D eigenvalue weighted by Gasteiger charge is -2.08. The van der Waals surface area contributed by atoms with Crippen LogP contribution < -0.4 is 16.2 Å². The first-order valence-electron chi connectivity index (χ1n) is 6.66. The first kappa shape index (κ1) is 14.7. The first-order chi connectivity index (χ1) is 10.1. The van der Waals surface area contributed by atoms with Crippen LogP contribution in [0.1, 0.15) is 16.8 Å². The Hall–Kier alpha value is -2.69. The first-order valence-corrected chi connectivity index (χ1v) is 6.66. The fourth-order valence-corrected chi connectivity index (χ4v) is 1.81. The summed E-state index contributed by atoms with van der Waals surface area (Å²) in [6.45, 7) is 0.761. The maximum atomic E-state index is 11.8. The molecular formula is C16H18N2O3. The Bertz CT molecular complexity index is 579. The van der Waals surface area contributed by atoms with Gasteiger partial charge in [-0.15, -0.1) is 0 Å². The predicted octanol–water partition coefficient (Wildman–Crippen LogP) is 2.48. The molecule has 2 aromatic carbocycles. The van der Waals surface area contributed by atoms with E-state index in [1.807, 2.05) is 30.3 Å². The average molecular weight is 286 g/mol. The van der Waals surface area contributed by atoms with Crippen LogP contribution in [0.3, 0.4) is 0 Å². The Morgan fingerprint density at radius 1 is 0.952 bits per heavy atom. The van der Waals surface area contributed by atoms with Crippen molar-refractivity contribution in [2.45, 2.75) is 6.42 Å². The average Bonchev–Trinajstić information content (AvgIpc) is 2.47. The van der Waals surface area contributed by atoms with Crippen molar-refractivity contribution in [2.75, 3.05) is 24.7 Å². The number of benzene rings is 2. The van der Waals surface area contributed by atoms with Crippen LogP contribution in [0.5, 0.6) is 5.75 Å². The topological polar surface area (TPSA) is 87.6 Å². The molecule has 0 aliphatic rings. The molecule has 5 nitrogen and oxygen atoms in total. The second-order valence-corrected chi connectivity index (χ2v) is 4.54. The maximum Gasteiger partial charge on any atom is 0.338 e. The van der Waals surface area contributed by atoms with Gasteiger partial charge in [0.1, 0.15) is 5.75 Å². The standard InChI is InChI=1S/C16H18N2O3/c17-13-9-12(10-14(18)11-13)16(19)21-8-4-7-20-15-5-2-1-3-6-15/h1-3,5-6,9-11H,4,7-8,17-18H2. The molecule has 0 aliphatic heterocycles. The molecule has 5 heteroatoms. The minimum absolute atomic E-state index is 0.278. The smallest absolute Gasteiger partial charge is 0.338 e. The molecule has 0 atom stereocenters. The summed E-state index contributed by atoms with van der Waals surface area (Å²) in [5, 5.41) is 0. The number of nitrogen functional groups attached to an aromatic ring is 2. The minimum atomic E-state index is -0.436. The van der Waals surface area contributed by atoms with E-state index in [1.165, 1.54) is 0 Å². The van der Waals surface area contributed by atoms with Crippen molar-refractivity contribution in [3.05, 3.63) is 54.1 Å². The van der Waals surface area contributed by atoms with Crippen LogP contribution in [0, 0.1) is 0 Å². The van der Waals surface area contributed by atoms with Crippen LogP contribution in [0.25, 0.3) is 0 Å². The van der Waals surface area contributed by atoms with Gasteiger partial charge in [0.25, 0.3) is 0 Å². The van der Waals surface area contributed by atoms with Crippen LogP contribution >= 0.6 is 0 Å². The van der Waals surface area contributed by atoms with Gasteiger partial charge in [0.2, 0.25) is 0 Å². The SMILES string of the molecule is Nc1cc(N)cc(C(=O)OCCCOc2ccccc2)c1. The van der Waals surface area contributed by atoms with E-state index >= 15 is 0 Å². The monoisotopic (exact) mass is 286 g/mol. The summed E-state index contributed by atoms with van der Waals surface area (Å²) in [6.07, 6.45) is 0.610. The van der Waals surface area contributed by atoms with Crippen molar-refractivity contribution >= 4 is 17.3 Å². The van der Waals surface area contributed by atoms with Crippen LogP contribution in [0.2, 0.25) is 0 Å². The molecule has 2 rings (SSSR count). The normalized spacial score (nSPS) is 10.1. The molecule has 4 N–H and O–H groups in total. The van der Waals surface area contributed by atoms with Crippen molar-refractivity contribution in [1.82, 2.24) is 0 Å². The summed E-state index contributed by atoms with van der Waals surface area (Å²) < 4.78 is 10.6. The van der Waals surface area contributed by atoms with Gasteiger partial charge in [-0.25, -0.2) is 4.79 Å². The van der Waals surface area contributed by atoms with Crippen LogP contribution in [-0.4, -0.2) is 19.2 Å². The van der Waals surface area contributed by atoms with E-state index < -0.39 is 5.97 Å². The van der Waals surface area contributed by atoms with Gasteiger partial charge in [-0.3, -0.25) is 0 Å². The molecule has 0 unspecified atom stereocenters. The second-order valence-electron chi connectivity index (χ2n) is 4.54. The molecule has 0 aliphatic carbocycles. The molecule has 0 aromatic heterocycles. The van der Waals surface area contributed by atoms with Crippen molar-refractivity contribution in [3.63, 3.8) is 0 Å². The molecule has 0 spiro atoms. The zero-order chi connectivity index (χ0) is 15.1. The fraction of sp³-hybridized carbons (Fsp3) is 0.188. The quantitative estimate of drug-likeness (QED) is 0.484. The number of carbonyl (C=O) groups excluding carboxylic acids is 1. The van der Waals surface area contributed by atoms with Crippen LogP contribution in [0.4, 0.5) is 11.4 Å². The van der Waals surface area contributed by atoms with Gasteiger partial charge in [-0.1, -0.05) is 18.2 Å². The second kappa shape index (κ2) is 7.19. The summed E-state index contributed by atoms with van der Waals surface area (Å²) >= 11 is 0. The molecule has 21 heavy (non-hydrogen) atoms. The summed E-state index contributed by atoms with van der Waals surface area (Å²) in [6, 6.07) is 14.1. The Kier molecular flexibility index (Phi) is 5.04. The van der Waals surface area contributed by atoms with Crippen LogP contribution in [0.15, 0.2) is 48.5 Å². The molecular weight excluding hydrogens is 268 g/mol. The molecule has 0 saturated heterocycles. The highest BCUT2D eigenvalue weighted by Gasteiger charge is 2.08. The summed E-state index contributed by atoms with van der Waals surface area (Å²) in [5.74, 6) is 0.362. The van der Waals surface area contributed by atoms with E-state index in [1.54, 1.807) is 18.2 Å². The van der Waals surface area contributed by atoms with Crippen molar-refractivity contribution in [1.29, 1.82) is 0 Å². The lowest BCUT2D eigenvalue weighted by Crippen LogP contribution is -2.10. The van der Waals surface area contributed by atoms with Gasteiger partial charge in [0.15, 0.2) is 0 Å². The molecule has 110 valence electrons. The number of hydrogen-bond donors (Lipinski definition) is 2. The largest absolute Gasteiger partial charge is 0.493 e. The lowest BCUT2D eigenvalue weighted by atomic mass is 10.2. The highest BCUT2D eigenvalue weighted by molar-refractivity contribution is 5.91. The molecule has 2 aromatic rings. The van der Waals surface area contributed by atoms with Crippen LogP contribution in [-0.2, 0) is 4.74 Å². The van der Waals surface area contributed by atoms with E-state index in [9.17, 15) is 4.79 Å². The molecule has 0 heterocycles. The third-order valence-electron chi connectivity index (χ3n) is 2.75. The number of nitrogens with two attached hydrogens (primary N) is 2. The van der Waals surface area contributed by atoms with Gasteiger partial charge in [-0.2, -0.15) is 0 Å². The molecule has 0 amide bonds. The Morgan fingerprint density at radius 2 is 1.62 bits per heavy atom. The third kappa shape index (κ3) is 4.72. The number of esters is 1. The lowest BCUT2D eigenvalue weighted by molar-refractivity contribution is 0.0486. The highest BCUT2D eigenvalue weighted by atomic mass is 16.5. The zero-order valence-corrected chi connectivity index (χ0v) is 11.6. The Morgan fingerprint density at radius 3 is 2.29 bits per heavy atom. The van der Waals surface area contributed by atoms with Gasteiger partial charge >= 0.3 is 5.97 Å². The van der Waals surface area contributed by atoms with E-state index in [0.29, 0.717) is 30.0 Å². The third-order valence-corrected chi connectivity index (χ3v) is 2.75. The fourth-order valence-electron chi connectivity index (χ4n) is 1.81.